The van der Waals surface area contributed by atoms with Gasteiger partial charge < -0.3 is 9.88 Å². The molecular formula is C22H20F3N5O. The number of fused-ring (bicyclic) bond motifs is 1. The van der Waals surface area contributed by atoms with Crippen LogP contribution in [0.3, 0.4) is 0 Å². The summed E-state index contributed by atoms with van der Waals surface area (Å²) >= 11 is 0. The first kappa shape index (κ1) is 21.8. The van der Waals surface area contributed by atoms with E-state index in [2.05, 4.69) is 27.1 Å². The lowest BCUT2D eigenvalue weighted by Gasteiger charge is -2.09. The van der Waals surface area contributed by atoms with Crippen LogP contribution in [0.4, 0.5) is 18.9 Å². The van der Waals surface area contributed by atoms with Crippen molar-refractivity contribution in [1.82, 2.24) is 14.8 Å². The molecule has 2 N–H and O–H groups in total. The third-order valence-corrected chi connectivity index (χ3v) is 4.24. The summed E-state index contributed by atoms with van der Waals surface area (Å²) < 4.78 is 38.9. The van der Waals surface area contributed by atoms with Crippen molar-refractivity contribution in [3.05, 3.63) is 79.4 Å². The SMILES string of the molecule is C=C(/C=C\N=CC/C=C/C(=O)Nc1ccc2c(ccn2CC(F)(F)F)c1)c1cn[nH]c1. The number of benzene rings is 1. The molecule has 0 aliphatic carbocycles. The molecule has 2 aromatic heterocycles. The number of carbonyl (C=O) groups excluding carboxylic acids is 1. The molecule has 0 spiro atoms. The zero-order chi connectivity index (χ0) is 22.3. The van der Waals surface area contributed by atoms with Gasteiger partial charge in [-0.1, -0.05) is 12.7 Å². The van der Waals surface area contributed by atoms with E-state index in [0.717, 1.165) is 15.7 Å². The number of aromatic amines is 1. The molecule has 3 rings (SSSR count). The van der Waals surface area contributed by atoms with Gasteiger partial charge in [-0.3, -0.25) is 14.9 Å². The molecule has 0 bridgehead atoms. The lowest BCUT2D eigenvalue weighted by molar-refractivity contribution is -0.139. The number of nitrogens with one attached hydrogen (secondary N) is 2. The fourth-order valence-corrected chi connectivity index (χ4v) is 2.81. The first-order chi connectivity index (χ1) is 14.8. The highest BCUT2D eigenvalue weighted by Gasteiger charge is 2.28. The summed E-state index contributed by atoms with van der Waals surface area (Å²) in [7, 11) is 0. The van der Waals surface area contributed by atoms with Gasteiger partial charge in [0.1, 0.15) is 6.54 Å². The molecule has 0 radical (unpaired) electrons. The molecule has 2 heterocycles. The van der Waals surface area contributed by atoms with Gasteiger partial charge in [-0.05, 0) is 42.0 Å². The van der Waals surface area contributed by atoms with E-state index >= 15 is 0 Å². The number of rotatable bonds is 8. The zero-order valence-electron chi connectivity index (χ0n) is 16.4. The summed E-state index contributed by atoms with van der Waals surface area (Å²) in [5, 5.41) is 9.84. The second kappa shape index (κ2) is 9.75. The van der Waals surface area contributed by atoms with Crippen LogP contribution in [0, 0.1) is 0 Å². The molecule has 0 atom stereocenters. The Bertz CT molecular complexity index is 1140. The highest BCUT2D eigenvalue weighted by atomic mass is 19.4. The Labute approximate surface area is 176 Å². The first-order valence-corrected chi connectivity index (χ1v) is 9.31. The number of aliphatic imine (C=N–C) groups is 1. The smallest absolute Gasteiger partial charge is 0.338 e. The predicted molar refractivity (Wildman–Crippen MR) is 116 cm³/mol. The summed E-state index contributed by atoms with van der Waals surface area (Å²) in [6, 6.07) is 6.34. The van der Waals surface area contributed by atoms with Crippen LogP contribution in [0.5, 0.6) is 0 Å². The van der Waals surface area contributed by atoms with E-state index in [1.165, 1.54) is 12.3 Å². The predicted octanol–water partition coefficient (Wildman–Crippen LogP) is 5.11. The van der Waals surface area contributed by atoms with E-state index in [1.54, 1.807) is 61.2 Å². The molecule has 0 saturated heterocycles. The monoisotopic (exact) mass is 427 g/mol. The van der Waals surface area contributed by atoms with E-state index in [0.29, 0.717) is 23.0 Å². The van der Waals surface area contributed by atoms with Gasteiger partial charge in [0.25, 0.3) is 0 Å². The van der Waals surface area contributed by atoms with Gasteiger partial charge in [0.2, 0.25) is 5.91 Å². The molecule has 0 fully saturated rings. The lowest BCUT2D eigenvalue weighted by Crippen LogP contribution is -2.16. The quantitative estimate of drug-likeness (QED) is 0.298. The number of amides is 1. The number of nitrogens with zero attached hydrogens (tertiary/aromatic N) is 3. The third-order valence-electron chi connectivity index (χ3n) is 4.24. The van der Waals surface area contributed by atoms with Crippen molar-refractivity contribution in [3.8, 4) is 0 Å². The average molecular weight is 427 g/mol. The number of alkyl halides is 3. The molecular weight excluding hydrogens is 407 g/mol. The van der Waals surface area contributed by atoms with Gasteiger partial charge >= 0.3 is 6.18 Å². The number of halogens is 3. The van der Waals surface area contributed by atoms with E-state index in [4.69, 9.17) is 0 Å². The minimum absolute atomic E-state index is 0.341. The average Bonchev–Trinajstić information content (AvgIpc) is 3.36. The van der Waals surface area contributed by atoms with Gasteiger partial charge in [-0.25, -0.2) is 0 Å². The van der Waals surface area contributed by atoms with Gasteiger partial charge in [0, 0.05) is 53.4 Å². The Balaban J connectivity index is 1.48. The molecule has 0 aliphatic heterocycles. The summed E-state index contributed by atoms with van der Waals surface area (Å²) in [5.74, 6) is -0.341. The van der Waals surface area contributed by atoms with Crippen molar-refractivity contribution >= 4 is 34.3 Å². The summed E-state index contributed by atoms with van der Waals surface area (Å²) in [6.07, 6.45) is 8.93. The molecule has 31 heavy (non-hydrogen) atoms. The fourth-order valence-electron chi connectivity index (χ4n) is 2.81. The number of H-pyrrole nitrogens is 1. The fraction of sp³-hybridized carbons (Fsp3) is 0.136. The largest absolute Gasteiger partial charge is 0.406 e. The molecule has 0 unspecified atom stereocenters. The number of aromatic nitrogens is 3. The standard InChI is InChI=1S/C22H20F3N5O/c1-16(18-13-27-28-14-18)7-10-26-9-3-2-4-21(31)29-19-5-6-20-17(12-19)8-11-30(20)15-22(23,24)25/h2,4-14H,1,3,15H2,(H,27,28)(H,29,31)/b4-2+,10-7-,26-9?. The number of hydrogen-bond donors (Lipinski definition) is 2. The highest BCUT2D eigenvalue weighted by Crippen LogP contribution is 2.25. The minimum atomic E-state index is -4.30. The van der Waals surface area contributed by atoms with Gasteiger partial charge in [0.15, 0.2) is 0 Å². The molecule has 3 aromatic rings. The van der Waals surface area contributed by atoms with Crippen LogP contribution in [-0.4, -0.2) is 33.1 Å². The Hall–Kier alpha value is -3.88. The highest BCUT2D eigenvalue weighted by molar-refractivity contribution is 6.00. The van der Waals surface area contributed by atoms with Crippen LogP contribution in [0.25, 0.3) is 16.5 Å². The minimum Gasteiger partial charge on any atom is -0.338 e. The van der Waals surface area contributed by atoms with Crippen molar-refractivity contribution in [3.63, 3.8) is 0 Å². The van der Waals surface area contributed by atoms with Crippen molar-refractivity contribution in [2.24, 2.45) is 4.99 Å². The molecule has 1 aromatic carbocycles. The van der Waals surface area contributed by atoms with Crippen LogP contribution >= 0.6 is 0 Å². The van der Waals surface area contributed by atoms with Gasteiger partial charge in [-0.2, -0.15) is 18.3 Å². The normalized spacial score (nSPS) is 12.5. The second-order valence-corrected chi connectivity index (χ2v) is 6.62. The summed E-state index contributed by atoms with van der Waals surface area (Å²) in [5.41, 5.74) is 2.59. The Morgan fingerprint density at radius 2 is 2.13 bits per heavy atom. The maximum absolute atomic E-state index is 12.6. The third kappa shape index (κ3) is 6.56. The zero-order valence-corrected chi connectivity index (χ0v) is 16.4. The van der Waals surface area contributed by atoms with Crippen LogP contribution in [-0.2, 0) is 11.3 Å². The summed E-state index contributed by atoms with van der Waals surface area (Å²) in [6.45, 7) is 2.83. The van der Waals surface area contributed by atoms with Gasteiger partial charge in [0.05, 0.1) is 6.20 Å². The lowest BCUT2D eigenvalue weighted by atomic mass is 10.2. The van der Waals surface area contributed by atoms with Crippen LogP contribution in [0.1, 0.15) is 12.0 Å². The number of hydrogen-bond acceptors (Lipinski definition) is 3. The number of anilines is 1. The number of allylic oxidation sites excluding steroid dienone is 3. The van der Waals surface area contributed by atoms with Crippen molar-refractivity contribution in [1.29, 1.82) is 0 Å². The Kier molecular flexibility index (Phi) is 6.86. The van der Waals surface area contributed by atoms with Crippen molar-refractivity contribution in [2.75, 3.05) is 5.32 Å². The van der Waals surface area contributed by atoms with Gasteiger partial charge in [-0.15, -0.1) is 0 Å². The molecule has 160 valence electrons. The molecule has 9 heteroatoms. The van der Waals surface area contributed by atoms with Crippen LogP contribution < -0.4 is 5.32 Å². The maximum Gasteiger partial charge on any atom is 0.406 e. The van der Waals surface area contributed by atoms with Crippen molar-refractivity contribution in [2.45, 2.75) is 19.1 Å². The molecule has 0 saturated carbocycles. The Morgan fingerprint density at radius 1 is 1.29 bits per heavy atom. The Morgan fingerprint density at radius 3 is 2.87 bits per heavy atom. The van der Waals surface area contributed by atoms with Crippen LogP contribution in [0.2, 0.25) is 0 Å². The van der Waals surface area contributed by atoms with E-state index in [1.807, 2.05) is 0 Å². The molecule has 0 aliphatic rings. The molecule has 1 amide bonds. The van der Waals surface area contributed by atoms with E-state index < -0.39 is 12.7 Å². The van der Waals surface area contributed by atoms with Crippen molar-refractivity contribution < 1.29 is 18.0 Å². The van der Waals surface area contributed by atoms with E-state index in [-0.39, 0.29) is 5.91 Å². The topological polar surface area (TPSA) is 75.1 Å². The second-order valence-electron chi connectivity index (χ2n) is 6.62. The van der Waals surface area contributed by atoms with Crippen LogP contribution in [0.15, 0.2) is 78.9 Å². The summed E-state index contributed by atoms with van der Waals surface area (Å²) in [4.78, 5) is 16.1. The number of carbonyl (C=O) groups is 1. The molecule has 6 nitrogen and oxygen atoms in total. The first-order valence-electron chi connectivity index (χ1n) is 9.31. The van der Waals surface area contributed by atoms with E-state index in [9.17, 15) is 18.0 Å². The maximum atomic E-state index is 12.6.